The Kier molecular flexibility index (Phi) is 4.80. The Balaban J connectivity index is 2.87. The summed E-state index contributed by atoms with van der Waals surface area (Å²) in [5.74, 6) is 1.11. The lowest BCUT2D eigenvalue weighted by atomic mass is 10.2. The van der Waals surface area contributed by atoms with Crippen molar-refractivity contribution in [1.82, 2.24) is 0 Å². The molecular weight excluding hydrogens is 295 g/mol. The number of hydrogen-bond donors (Lipinski definition) is 0. The normalized spacial score (nSPS) is 10.0. The Labute approximate surface area is 96.4 Å². The van der Waals surface area contributed by atoms with Crippen LogP contribution in [0.4, 0.5) is 0 Å². The van der Waals surface area contributed by atoms with Crippen LogP contribution in [0, 0.1) is 3.57 Å². The van der Waals surface area contributed by atoms with Crippen LogP contribution in [-0.4, -0.2) is 12.0 Å². The summed E-state index contributed by atoms with van der Waals surface area (Å²) in [5, 5.41) is 0. The minimum atomic E-state index is 0.793. The van der Waals surface area contributed by atoms with Gasteiger partial charge in [-0.25, -0.2) is 0 Å². The fourth-order valence-corrected chi connectivity index (χ4v) is 2.74. The molecule has 3 heteroatoms. The highest BCUT2D eigenvalue weighted by molar-refractivity contribution is 14.1. The Hall–Kier alpha value is -0.0300. The molecule has 0 bridgehead atoms. The molecule has 0 amide bonds. The van der Waals surface area contributed by atoms with E-state index in [1.807, 2.05) is 23.9 Å². The molecule has 1 rings (SSSR count). The molecule has 0 saturated carbocycles. The molecule has 0 fully saturated rings. The van der Waals surface area contributed by atoms with Crippen LogP contribution >= 0.6 is 34.4 Å². The molecule has 1 nitrogen and oxygen atoms in total. The van der Waals surface area contributed by atoms with E-state index in [2.05, 4.69) is 35.6 Å². The van der Waals surface area contributed by atoms with Gasteiger partial charge in [0.2, 0.25) is 0 Å². The minimum Gasteiger partial charge on any atom is -0.298 e. The number of halogens is 1. The third-order valence-electron chi connectivity index (χ3n) is 1.58. The zero-order valence-electron chi connectivity index (χ0n) is 7.42. The maximum Gasteiger partial charge on any atom is 0.151 e. The number of hydrogen-bond acceptors (Lipinski definition) is 2. The molecule has 0 radical (unpaired) electrons. The van der Waals surface area contributed by atoms with Crippen LogP contribution in [0.15, 0.2) is 23.1 Å². The molecule has 0 aliphatic rings. The van der Waals surface area contributed by atoms with Gasteiger partial charge in [-0.05, 0) is 40.8 Å². The predicted octanol–water partition coefficient (Wildman–Crippen LogP) is 3.61. The maximum atomic E-state index is 10.6. The van der Waals surface area contributed by atoms with Gasteiger partial charge in [0.1, 0.15) is 0 Å². The zero-order valence-corrected chi connectivity index (χ0v) is 10.4. The second-order valence-electron chi connectivity index (χ2n) is 2.63. The molecule has 0 spiro atoms. The summed E-state index contributed by atoms with van der Waals surface area (Å²) in [6, 6.07) is 5.85. The van der Waals surface area contributed by atoms with E-state index < -0.39 is 0 Å². The molecule has 0 aromatic heterocycles. The number of carbonyl (C=O) groups is 1. The van der Waals surface area contributed by atoms with E-state index in [1.165, 1.54) is 4.90 Å². The number of rotatable bonds is 4. The van der Waals surface area contributed by atoms with E-state index in [0.717, 1.165) is 27.6 Å². The lowest BCUT2D eigenvalue weighted by molar-refractivity contribution is 0.112. The van der Waals surface area contributed by atoms with E-state index >= 15 is 0 Å². The van der Waals surface area contributed by atoms with Gasteiger partial charge in [-0.2, -0.15) is 0 Å². The Morgan fingerprint density at radius 1 is 1.54 bits per heavy atom. The third kappa shape index (κ3) is 2.98. The SMILES string of the molecule is CCCSc1cccc(C=O)c1I. The first-order valence-corrected chi connectivity index (χ1v) is 6.22. The van der Waals surface area contributed by atoms with Crippen molar-refractivity contribution in [3.8, 4) is 0 Å². The van der Waals surface area contributed by atoms with Crippen molar-refractivity contribution in [3.63, 3.8) is 0 Å². The first-order valence-electron chi connectivity index (χ1n) is 4.16. The minimum absolute atomic E-state index is 0.793. The smallest absolute Gasteiger partial charge is 0.151 e. The standard InChI is InChI=1S/C10H11IOS/c1-2-6-13-9-5-3-4-8(7-12)10(9)11/h3-5,7H,2,6H2,1H3. The predicted molar refractivity (Wildman–Crippen MR) is 65.6 cm³/mol. The second kappa shape index (κ2) is 5.65. The van der Waals surface area contributed by atoms with Gasteiger partial charge in [0.15, 0.2) is 6.29 Å². The van der Waals surface area contributed by atoms with Crippen molar-refractivity contribution < 1.29 is 4.79 Å². The quantitative estimate of drug-likeness (QED) is 0.480. The summed E-state index contributed by atoms with van der Waals surface area (Å²) < 4.78 is 1.08. The lowest BCUT2D eigenvalue weighted by Crippen LogP contribution is -1.88. The summed E-state index contributed by atoms with van der Waals surface area (Å²) >= 11 is 4.04. The Morgan fingerprint density at radius 3 is 2.92 bits per heavy atom. The van der Waals surface area contributed by atoms with Crippen LogP contribution in [0.25, 0.3) is 0 Å². The van der Waals surface area contributed by atoms with Crippen molar-refractivity contribution in [3.05, 3.63) is 27.3 Å². The average Bonchev–Trinajstić information content (AvgIpc) is 2.16. The van der Waals surface area contributed by atoms with Gasteiger partial charge < -0.3 is 0 Å². The number of aldehydes is 1. The number of thioether (sulfide) groups is 1. The average molecular weight is 306 g/mol. The Morgan fingerprint density at radius 2 is 2.31 bits per heavy atom. The first-order chi connectivity index (χ1) is 6.29. The summed E-state index contributed by atoms with van der Waals surface area (Å²) in [5.41, 5.74) is 0.793. The Bertz CT molecular complexity index is 299. The van der Waals surface area contributed by atoms with Crippen LogP contribution in [-0.2, 0) is 0 Å². The van der Waals surface area contributed by atoms with Crippen LogP contribution < -0.4 is 0 Å². The van der Waals surface area contributed by atoms with Crippen molar-refractivity contribution in [2.45, 2.75) is 18.2 Å². The molecule has 0 N–H and O–H groups in total. The van der Waals surface area contributed by atoms with Crippen molar-refractivity contribution >= 4 is 40.6 Å². The topological polar surface area (TPSA) is 17.1 Å². The maximum absolute atomic E-state index is 10.6. The summed E-state index contributed by atoms with van der Waals surface area (Å²) in [7, 11) is 0. The fraction of sp³-hybridized carbons (Fsp3) is 0.300. The van der Waals surface area contributed by atoms with Crippen molar-refractivity contribution in [2.24, 2.45) is 0 Å². The second-order valence-corrected chi connectivity index (χ2v) is 4.84. The van der Waals surface area contributed by atoms with Crippen LogP contribution in [0.1, 0.15) is 23.7 Å². The molecule has 0 unspecified atom stereocenters. The molecule has 0 heterocycles. The molecular formula is C10H11IOS. The highest BCUT2D eigenvalue weighted by atomic mass is 127. The first kappa shape index (κ1) is 11.0. The molecule has 13 heavy (non-hydrogen) atoms. The van der Waals surface area contributed by atoms with Crippen LogP contribution in [0.5, 0.6) is 0 Å². The summed E-state index contributed by atoms with van der Waals surface area (Å²) in [4.78, 5) is 11.9. The van der Waals surface area contributed by atoms with Gasteiger partial charge in [-0.15, -0.1) is 11.8 Å². The summed E-state index contributed by atoms with van der Waals surface area (Å²) in [6.07, 6.45) is 2.07. The molecule has 0 saturated heterocycles. The van der Waals surface area contributed by atoms with Crippen LogP contribution in [0.3, 0.4) is 0 Å². The number of benzene rings is 1. The molecule has 0 atom stereocenters. The van der Waals surface area contributed by atoms with Crippen molar-refractivity contribution in [1.29, 1.82) is 0 Å². The van der Waals surface area contributed by atoms with Gasteiger partial charge in [-0.1, -0.05) is 19.1 Å². The van der Waals surface area contributed by atoms with Gasteiger partial charge in [0.05, 0.1) is 0 Å². The van der Waals surface area contributed by atoms with Gasteiger partial charge in [0.25, 0.3) is 0 Å². The lowest BCUT2D eigenvalue weighted by Gasteiger charge is -2.04. The molecule has 1 aromatic carbocycles. The van der Waals surface area contributed by atoms with Gasteiger partial charge in [0, 0.05) is 14.0 Å². The highest BCUT2D eigenvalue weighted by Gasteiger charge is 2.03. The van der Waals surface area contributed by atoms with E-state index in [4.69, 9.17) is 0 Å². The van der Waals surface area contributed by atoms with Crippen molar-refractivity contribution in [2.75, 3.05) is 5.75 Å². The van der Waals surface area contributed by atoms with E-state index in [9.17, 15) is 4.79 Å². The largest absolute Gasteiger partial charge is 0.298 e. The number of carbonyl (C=O) groups excluding carboxylic acids is 1. The molecule has 1 aromatic rings. The van der Waals surface area contributed by atoms with Crippen LogP contribution in [0.2, 0.25) is 0 Å². The summed E-state index contributed by atoms with van der Waals surface area (Å²) in [6.45, 7) is 2.16. The zero-order chi connectivity index (χ0) is 9.68. The monoisotopic (exact) mass is 306 g/mol. The third-order valence-corrected chi connectivity index (χ3v) is 4.42. The molecule has 70 valence electrons. The molecule has 0 aliphatic carbocycles. The van der Waals surface area contributed by atoms with E-state index in [0.29, 0.717) is 0 Å². The molecule has 0 aliphatic heterocycles. The fourth-order valence-electron chi connectivity index (χ4n) is 0.942. The highest BCUT2D eigenvalue weighted by Crippen LogP contribution is 2.26. The van der Waals surface area contributed by atoms with E-state index in [1.54, 1.807) is 0 Å². The van der Waals surface area contributed by atoms with Gasteiger partial charge in [-0.3, -0.25) is 4.79 Å². The van der Waals surface area contributed by atoms with Gasteiger partial charge >= 0.3 is 0 Å². The van der Waals surface area contributed by atoms with E-state index in [-0.39, 0.29) is 0 Å².